The monoisotopic (exact) mass is 290 g/mol. The standard InChI is InChI=1S/C15H22N4S/c1-8-7-9-10(17-12-14(2,3)15(12,4)5)18-13(16-6)19-11(9)20-8/h7,12H,1-6H3,(H2,16,17,18,19). The number of thiophene rings is 1. The van der Waals surface area contributed by atoms with Crippen LogP contribution in [0, 0.1) is 17.8 Å². The van der Waals surface area contributed by atoms with Crippen molar-refractivity contribution in [1.29, 1.82) is 0 Å². The number of rotatable bonds is 3. The van der Waals surface area contributed by atoms with E-state index in [1.165, 1.54) is 4.88 Å². The van der Waals surface area contributed by atoms with Crippen molar-refractivity contribution < 1.29 is 0 Å². The highest BCUT2D eigenvalue weighted by molar-refractivity contribution is 7.18. The average molecular weight is 290 g/mol. The number of nitrogens with zero attached hydrogens (tertiary/aromatic N) is 2. The van der Waals surface area contributed by atoms with Crippen LogP contribution in [0.1, 0.15) is 32.6 Å². The second-order valence-corrected chi connectivity index (χ2v) is 7.98. The zero-order chi connectivity index (χ0) is 14.7. The predicted octanol–water partition coefficient (Wildman–Crippen LogP) is 3.89. The molecule has 0 aliphatic heterocycles. The SMILES string of the molecule is CNc1nc(NC2C(C)(C)C2(C)C)c2cc(C)sc2n1. The minimum atomic E-state index is 0.287. The number of hydrogen-bond donors (Lipinski definition) is 2. The predicted molar refractivity (Wildman–Crippen MR) is 86.7 cm³/mol. The van der Waals surface area contributed by atoms with Crippen LogP contribution in [0.25, 0.3) is 10.2 Å². The Morgan fingerprint density at radius 1 is 1.15 bits per heavy atom. The third-order valence-electron chi connectivity index (χ3n) is 5.04. The van der Waals surface area contributed by atoms with E-state index in [1.807, 2.05) is 7.05 Å². The normalized spacial score (nSPS) is 20.1. The van der Waals surface area contributed by atoms with E-state index in [1.54, 1.807) is 11.3 Å². The number of nitrogens with one attached hydrogen (secondary N) is 2. The van der Waals surface area contributed by atoms with Gasteiger partial charge in [0.05, 0.1) is 5.39 Å². The fourth-order valence-corrected chi connectivity index (χ4v) is 3.84. The van der Waals surface area contributed by atoms with Gasteiger partial charge < -0.3 is 10.6 Å². The molecule has 0 amide bonds. The highest BCUT2D eigenvalue weighted by Crippen LogP contribution is 2.63. The summed E-state index contributed by atoms with van der Waals surface area (Å²) in [5, 5.41) is 7.82. The maximum absolute atomic E-state index is 4.62. The molecule has 0 saturated heterocycles. The summed E-state index contributed by atoms with van der Waals surface area (Å²) in [6.07, 6.45) is 0. The van der Waals surface area contributed by atoms with Gasteiger partial charge in [-0.1, -0.05) is 27.7 Å². The summed E-state index contributed by atoms with van der Waals surface area (Å²) in [5.74, 6) is 1.63. The van der Waals surface area contributed by atoms with E-state index in [2.05, 4.69) is 61.3 Å². The topological polar surface area (TPSA) is 49.8 Å². The molecule has 2 N–H and O–H groups in total. The molecule has 20 heavy (non-hydrogen) atoms. The van der Waals surface area contributed by atoms with Crippen LogP contribution >= 0.6 is 11.3 Å². The zero-order valence-corrected chi connectivity index (χ0v) is 13.8. The number of aromatic nitrogens is 2. The lowest BCUT2D eigenvalue weighted by molar-refractivity contribution is 0.457. The molecule has 0 bridgehead atoms. The van der Waals surface area contributed by atoms with Gasteiger partial charge in [0.1, 0.15) is 10.6 Å². The first-order valence-electron chi connectivity index (χ1n) is 7.00. The van der Waals surface area contributed by atoms with E-state index >= 15 is 0 Å². The second kappa shape index (κ2) is 4.07. The molecule has 3 rings (SSSR count). The lowest BCUT2D eigenvalue weighted by Crippen LogP contribution is -2.12. The first-order valence-corrected chi connectivity index (χ1v) is 7.81. The molecule has 0 radical (unpaired) electrons. The molecule has 2 aromatic rings. The Bertz CT molecular complexity index is 658. The molecule has 4 nitrogen and oxygen atoms in total. The molecular formula is C15H22N4S. The highest BCUT2D eigenvalue weighted by atomic mass is 32.1. The molecule has 0 atom stereocenters. The molecule has 0 spiro atoms. The Morgan fingerprint density at radius 3 is 2.35 bits per heavy atom. The summed E-state index contributed by atoms with van der Waals surface area (Å²) in [6.45, 7) is 11.3. The number of fused-ring (bicyclic) bond motifs is 1. The third kappa shape index (κ3) is 1.79. The van der Waals surface area contributed by atoms with Crippen molar-refractivity contribution in [2.75, 3.05) is 17.7 Å². The molecule has 108 valence electrons. The van der Waals surface area contributed by atoms with Crippen molar-refractivity contribution in [2.24, 2.45) is 10.8 Å². The van der Waals surface area contributed by atoms with Gasteiger partial charge in [-0.2, -0.15) is 4.98 Å². The number of aryl methyl sites for hydroxylation is 1. The minimum Gasteiger partial charge on any atom is -0.366 e. The first-order chi connectivity index (χ1) is 9.27. The summed E-state index contributed by atoms with van der Waals surface area (Å²) in [4.78, 5) is 11.5. The van der Waals surface area contributed by atoms with Crippen LogP contribution in [0.5, 0.6) is 0 Å². The molecule has 1 saturated carbocycles. The third-order valence-corrected chi connectivity index (χ3v) is 5.99. The van der Waals surface area contributed by atoms with E-state index in [0.29, 0.717) is 12.0 Å². The Labute approximate surface area is 124 Å². The van der Waals surface area contributed by atoms with Gasteiger partial charge in [-0.15, -0.1) is 11.3 Å². The van der Waals surface area contributed by atoms with Crippen LogP contribution < -0.4 is 10.6 Å². The minimum absolute atomic E-state index is 0.287. The molecular weight excluding hydrogens is 268 g/mol. The molecule has 5 heteroatoms. The lowest BCUT2D eigenvalue weighted by Gasteiger charge is -2.10. The number of hydrogen-bond acceptors (Lipinski definition) is 5. The summed E-state index contributed by atoms with van der Waals surface area (Å²) in [5.41, 5.74) is 0.574. The molecule has 0 aromatic carbocycles. The average Bonchev–Trinajstić information content (AvgIpc) is 2.67. The summed E-state index contributed by atoms with van der Waals surface area (Å²) in [6, 6.07) is 2.61. The number of anilines is 2. The van der Waals surface area contributed by atoms with Crippen LogP contribution in [0.3, 0.4) is 0 Å². The van der Waals surface area contributed by atoms with Crippen molar-refractivity contribution >= 4 is 33.3 Å². The quantitative estimate of drug-likeness (QED) is 0.900. The van der Waals surface area contributed by atoms with E-state index < -0.39 is 0 Å². The largest absolute Gasteiger partial charge is 0.366 e. The fourth-order valence-electron chi connectivity index (χ4n) is 2.96. The van der Waals surface area contributed by atoms with Crippen molar-refractivity contribution in [3.8, 4) is 0 Å². The molecule has 1 fully saturated rings. The van der Waals surface area contributed by atoms with Crippen LogP contribution in [0.15, 0.2) is 6.07 Å². The van der Waals surface area contributed by atoms with Gasteiger partial charge in [0.2, 0.25) is 5.95 Å². The summed E-state index contributed by atoms with van der Waals surface area (Å²) in [7, 11) is 1.86. The van der Waals surface area contributed by atoms with Crippen molar-refractivity contribution in [3.63, 3.8) is 0 Å². The van der Waals surface area contributed by atoms with Gasteiger partial charge in [0.25, 0.3) is 0 Å². The Morgan fingerprint density at radius 2 is 1.80 bits per heavy atom. The first kappa shape index (κ1) is 13.6. The van der Waals surface area contributed by atoms with Crippen LogP contribution in [-0.2, 0) is 0 Å². The van der Waals surface area contributed by atoms with E-state index in [-0.39, 0.29) is 10.8 Å². The molecule has 2 heterocycles. The van der Waals surface area contributed by atoms with E-state index in [0.717, 1.165) is 16.0 Å². The highest BCUT2D eigenvalue weighted by Gasteiger charge is 2.65. The Hall–Kier alpha value is -1.36. The van der Waals surface area contributed by atoms with Gasteiger partial charge in [-0.3, -0.25) is 0 Å². The molecule has 1 aliphatic rings. The van der Waals surface area contributed by atoms with Crippen molar-refractivity contribution in [3.05, 3.63) is 10.9 Å². The van der Waals surface area contributed by atoms with Crippen LogP contribution in [0.2, 0.25) is 0 Å². The smallest absolute Gasteiger partial charge is 0.225 e. The van der Waals surface area contributed by atoms with E-state index in [9.17, 15) is 0 Å². The van der Waals surface area contributed by atoms with Gasteiger partial charge in [-0.05, 0) is 23.8 Å². The maximum atomic E-state index is 4.62. The molecule has 2 aromatic heterocycles. The van der Waals surface area contributed by atoms with Crippen molar-refractivity contribution in [1.82, 2.24) is 9.97 Å². The van der Waals surface area contributed by atoms with Crippen LogP contribution in [-0.4, -0.2) is 23.1 Å². The molecule has 1 aliphatic carbocycles. The second-order valence-electron chi connectivity index (χ2n) is 6.74. The van der Waals surface area contributed by atoms with Gasteiger partial charge >= 0.3 is 0 Å². The summed E-state index contributed by atoms with van der Waals surface area (Å²) >= 11 is 1.71. The van der Waals surface area contributed by atoms with Crippen molar-refractivity contribution in [2.45, 2.75) is 40.7 Å². The maximum Gasteiger partial charge on any atom is 0.225 e. The van der Waals surface area contributed by atoms with Gasteiger partial charge in [0, 0.05) is 18.0 Å². The Kier molecular flexibility index (Phi) is 2.77. The van der Waals surface area contributed by atoms with E-state index in [4.69, 9.17) is 0 Å². The fraction of sp³-hybridized carbons (Fsp3) is 0.600. The lowest BCUT2D eigenvalue weighted by atomic mass is 10.0. The van der Waals surface area contributed by atoms with Gasteiger partial charge in [0.15, 0.2) is 0 Å². The van der Waals surface area contributed by atoms with Crippen LogP contribution in [0.4, 0.5) is 11.8 Å². The summed E-state index contributed by atoms with van der Waals surface area (Å²) < 4.78 is 0. The zero-order valence-electron chi connectivity index (χ0n) is 13.0. The molecule has 0 unspecified atom stereocenters. The Balaban J connectivity index is 2.03. The van der Waals surface area contributed by atoms with Gasteiger partial charge in [-0.25, -0.2) is 4.98 Å².